The first kappa shape index (κ1) is 14.6. The topological polar surface area (TPSA) is 34.0 Å². The quantitative estimate of drug-likeness (QED) is 0.701. The predicted octanol–water partition coefficient (Wildman–Crippen LogP) is 4.69. The molecule has 0 aliphatic heterocycles. The number of nitrogens with zero attached hydrogens (tertiary/aromatic N) is 1. The van der Waals surface area contributed by atoms with Gasteiger partial charge in [0.1, 0.15) is 5.69 Å². The zero-order chi connectivity index (χ0) is 14.0. The van der Waals surface area contributed by atoms with E-state index in [1.807, 2.05) is 41.1 Å². The maximum Gasteiger partial charge on any atom is 0.272 e. The highest BCUT2D eigenvalue weighted by Crippen LogP contribution is 2.21. The SMILES string of the molecule is CC(C)n1cc(Br)cc1C(=O)Nc1cccc(I)c1. The Morgan fingerprint density at radius 3 is 2.74 bits per heavy atom. The van der Waals surface area contributed by atoms with Crippen molar-refractivity contribution in [2.75, 3.05) is 5.32 Å². The van der Waals surface area contributed by atoms with Crippen LogP contribution in [-0.2, 0) is 0 Å². The number of nitrogens with one attached hydrogen (secondary N) is 1. The molecule has 1 heterocycles. The largest absolute Gasteiger partial charge is 0.340 e. The molecule has 5 heteroatoms. The van der Waals surface area contributed by atoms with Crippen molar-refractivity contribution in [1.29, 1.82) is 0 Å². The fourth-order valence-electron chi connectivity index (χ4n) is 1.82. The summed E-state index contributed by atoms with van der Waals surface area (Å²) < 4.78 is 3.96. The molecule has 0 spiro atoms. The van der Waals surface area contributed by atoms with Crippen LogP contribution < -0.4 is 5.32 Å². The number of aromatic nitrogens is 1. The van der Waals surface area contributed by atoms with Crippen LogP contribution in [0.3, 0.4) is 0 Å². The fraction of sp³-hybridized carbons (Fsp3) is 0.214. The van der Waals surface area contributed by atoms with Gasteiger partial charge in [0, 0.05) is 26.0 Å². The Morgan fingerprint density at radius 1 is 1.37 bits per heavy atom. The lowest BCUT2D eigenvalue weighted by Gasteiger charge is -2.12. The van der Waals surface area contributed by atoms with Crippen LogP contribution in [0.2, 0.25) is 0 Å². The van der Waals surface area contributed by atoms with Crippen LogP contribution in [-0.4, -0.2) is 10.5 Å². The van der Waals surface area contributed by atoms with Gasteiger partial charge >= 0.3 is 0 Å². The summed E-state index contributed by atoms with van der Waals surface area (Å²) >= 11 is 5.64. The highest BCUT2D eigenvalue weighted by Gasteiger charge is 2.15. The summed E-state index contributed by atoms with van der Waals surface area (Å²) in [4.78, 5) is 12.3. The molecule has 0 bridgehead atoms. The van der Waals surface area contributed by atoms with E-state index in [0.29, 0.717) is 5.69 Å². The molecule has 0 fully saturated rings. The van der Waals surface area contributed by atoms with Gasteiger partial charge in [-0.3, -0.25) is 4.79 Å². The Morgan fingerprint density at radius 2 is 2.11 bits per heavy atom. The Hall–Kier alpha value is -0.820. The molecule has 0 saturated carbocycles. The Bertz CT molecular complexity index is 607. The molecular weight excluding hydrogens is 419 g/mol. The van der Waals surface area contributed by atoms with E-state index in [-0.39, 0.29) is 11.9 Å². The molecule has 0 aliphatic carbocycles. The number of halogens is 2. The summed E-state index contributed by atoms with van der Waals surface area (Å²) in [6.45, 7) is 4.10. The first-order valence-electron chi connectivity index (χ1n) is 5.91. The van der Waals surface area contributed by atoms with Crippen molar-refractivity contribution >= 4 is 50.1 Å². The van der Waals surface area contributed by atoms with Crippen LogP contribution in [0.4, 0.5) is 5.69 Å². The number of benzene rings is 1. The van der Waals surface area contributed by atoms with Crippen LogP contribution in [0.15, 0.2) is 41.0 Å². The van der Waals surface area contributed by atoms with Gasteiger partial charge < -0.3 is 9.88 Å². The lowest BCUT2D eigenvalue weighted by molar-refractivity contribution is 0.101. The molecular formula is C14H14BrIN2O. The van der Waals surface area contributed by atoms with Crippen molar-refractivity contribution in [2.24, 2.45) is 0 Å². The van der Waals surface area contributed by atoms with Crippen LogP contribution in [0.25, 0.3) is 0 Å². The summed E-state index contributed by atoms with van der Waals surface area (Å²) in [7, 11) is 0. The van der Waals surface area contributed by atoms with Gasteiger partial charge in [0.2, 0.25) is 0 Å². The molecule has 2 rings (SSSR count). The number of rotatable bonds is 3. The summed E-state index contributed by atoms with van der Waals surface area (Å²) in [5.41, 5.74) is 1.46. The monoisotopic (exact) mass is 432 g/mol. The molecule has 100 valence electrons. The highest BCUT2D eigenvalue weighted by atomic mass is 127. The number of hydrogen-bond acceptors (Lipinski definition) is 1. The fourth-order valence-corrected chi connectivity index (χ4v) is 2.80. The number of amides is 1. The second kappa shape index (κ2) is 6.09. The normalized spacial score (nSPS) is 10.8. The third-order valence-electron chi connectivity index (χ3n) is 2.69. The molecule has 3 nitrogen and oxygen atoms in total. The van der Waals surface area contributed by atoms with Crippen molar-refractivity contribution in [3.8, 4) is 0 Å². The lowest BCUT2D eigenvalue weighted by atomic mass is 10.3. The van der Waals surface area contributed by atoms with E-state index in [4.69, 9.17) is 0 Å². The molecule has 2 aromatic rings. The first-order valence-corrected chi connectivity index (χ1v) is 7.79. The molecule has 0 saturated heterocycles. The van der Waals surface area contributed by atoms with Crippen molar-refractivity contribution in [2.45, 2.75) is 19.9 Å². The van der Waals surface area contributed by atoms with E-state index in [9.17, 15) is 4.79 Å². The van der Waals surface area contributed by atoms with E-state index in [0.717, 1.165) is 13.7 Å². The molecule has 1 N–H and O–H groups in total. The van der Waals surface area contributed by atoms with Crippen molar-refractivity contribution in [3.05, 3.63) is 50.3 Å². The Balaban J connectivity index is 2.25. The summed E-state index contributed by atoms with van der Waals surface area (Å²) in [5, 5.41) is 2.92. The zero-order valence-corrected chi connectivity index (χ0v) is 14.4. The molecule has 0 aliphatic rings. The predicted molar refractivity (Wildman–Crippen MR) is 89.6 cm³/mol. The standard InChI is InChI=1S/C14H14BrIN2O/c1-9(2)18-8-10(15)6-13(18)14(19)17-12-5-3-4-11(16)7-12/h3-9H,1-2H3,(H,17,19). The summed E-state index contributed by atoms with van der Waals surface area (Å²) in [5.74, 6) is -0.0959. The van der Waals surface area contributed by atoms with Gasteiger partial charge in [0.25, 0.3) is 5.91 Å². The maximum atomic E-state index is 12.3. The van der Waals surface area contributed by atoms with E-state index < -0.39 is 0 Å². The lowest BCUT2D eigenvalue weighted by Crippen LogP contribution is -2.17. The average Bonchev–Trinajstić information content (AvgIpc) is 2.71. The average molecular weight is 433 g/mol. The van der Waals surface area contributed by atoms with Gasteiger partial charge in [-0.15, -0.1) is 0 Å². The molecule has 0 atom stereocenters. The van der Waals surface area contributed by atoms with Crippen LogP contribution in [0.1, 0.15) is 30.4 Å². The van der Waals surface area contributed by atoms with Gasteiger partial charge in [-0.2, -0.15) is 0 Å². The van der Waals surface area contributed by atoms with Crippen LogP contribution in [0.5, 0.6) is 0 Å². The van der Waals surface area contributed by atoms with Gasteiger partial charge in [-0.05, 0) is 76.6 Å². The minimum atomic E-state index is -0.0959. The molecule has 1 amide bonds. The van der Waals surface area contributed by atoms with Gasteiger partial charge in [0.05, 0.1) is 0 Å². The van der Waals surface area contributed by atoms with E-state index >= 15 is 0 Å². The third kappa shape index (κ3) is 3.60. The minimum Gasteiger partial charge on any atom is -0.340 e. The molecule has 19 heavy (non-hydrogen) atoms. The number of hydrogen-bond donors (Lipinski definition) is 1. The molecule has 0 radical (unpaired) electrons. The number of carbonyl (C=O) groups is 1. The molecule has 1 aromatic heterocycles. The Kier molecular flexibility index (Phi) is 4.67. The minimum absolute atomic E-state index is 0.0959. The highest BCUT2D eigenvalue weighted by molar-refractivity contribution is 14.1. The van der Waals surface area contributed by atoms with Crippen LogP contribution >= 0.6 is 38.5 Å². The second-order valence-corrected chi connectivity index (χ2v) is 6.67. The van der Waals surface area contributed by atoms with Crippen molar-refractivity contribution in [1.82, 2.24) is 4.57 Å². The van der Waals surface area contributed by atoms with Crippen molar-refractivity contribution < 1.29 is 4.79 Å². The zero-order valence-electron chi connectivity index (χ0n) is 10.7. The van der Waals surface area contributed by atoms with Gasteiger partial charge in [-0.25, -0.2) is 0 Å². The van der Waals surface area contributed by atoms with E-state index in [2.05, 4.69) is 57.7 Å². The van der Waals surface area contributed by atoms with Gasteiger partial charge in [-0.1, -0.05) is 6.07 Å². The number of anilines is 1. The van der Waals surface area contributed by atoms with Crippen molar-refractivity contribution in [3.63, 3.8) is 0 Å². The van der Waals surface area contributed by atoms with Crippen LogP contribution in [0, 0.1) is 3.57 Å². The number of carbonyl (C=O) groups excluding carboxylic acids is 1. The smallest absolute Gasteiger partial charge is 0.272 e. The Labute approximate surface area is 134 Å². The third-order valence-corrected chi connectivity index (χ3v) is 3.79. The van der Waals surface area contributed by atoms with E-state index in [1.165, 1.54) is 0 Å². The molecule has 1 aromatic carbocycles. The first-order chi connectivity index (χ1) is 8.97. The second-order valence-electron chi connectivity index (χ2n) is 4.51. The van der Waals surface area contributed by atoms with E-state index in [1.54, 1.807) is 0 Å². The summed E-state index contributed by atoms with van der Waals surface area (Å²) in [6.07, 6.45) is 1.92. The maximum absolute atomic E-state index is 12.3. The summed E-state index contributed by atoms with van der Waals surface area (Å²) in [6, 6.07) is 9.82. The van der Waals surface area contributed by atoms with Gasteiger partial charge in [0.15, 0.2) is 0 Å². The molecule has 0 unspecified atom stereocenters.